The zero-order valence-electron chi connectivity index (χ0n) is 13.2. The van der Waals surface area contributed by atoms with Gasteiger partial charge in [0.05, 0.1) is 36.4 Å². The first-order chi connectivity index (χ1) is 10.9. The number of rotatable bonds is 4. The number of fused-ring (bicyclic) bond motifs is 1. The van der Waals surface area contributed by atoms with Crippen LogP contribution in [0.3, 0.4) is 0 Å². The highest BCUT2D eigenvalue weighted by Crippen LogP contribution is 2.21. The van der Waals surface area contributed by atoms with Crippen LogP contribution in [0.4, 0.5) is 5.82 Å². The molecule has 8 nitrogen and oxygen atoms in total. The molecule has 0 spiro atoms. The number of sulfonamides is 1. The van der Waals surface area contributed by atoms with Crippen molar-refractivity contribution in [1.82, 2.24) is 24.5 Å². The minimum Gasteiger partial charge on any atom is -0.349 e. The molecule has 0 atom stereocenters. The molecule has 1 N–H and O–H groups in total. The fourth-order valence-electron chi connectivity index (χ4n) is 2.70. The zero-order valence-corrected chi connectivity index (χ0v) is 14.0. The molecule has 3 rings (SSSR count). The van der Waals surface area contributed by atoms with Crippen LogP contribution >= 0.6 is 0 Å². The summed E-state index contributed by atoms with van der Waals surface area (Å²) in [5, 5.41) is 4.49. The fourth-order valence-corrected chi connectivity index (χ4v) is 3.11. The third kappa shape index (κ3) is 3.85. The van der Waals surface area contributed by atoms with E-state index in [4.69, 9.17) is 0 Å². The van der Waals surface area contributed by atoms with Crippen LogP contribution in [-0.4, -0.2) is 41.0 Å². The predicted molar refractivity (Wildman–Crippen MR) is 86.3 cm³/mol. The Labute approximate surface area is 135 Å². The van der Waals surface area contributed by atoms with E-state index in [1.807, 2.05) is 17.7 Å². The minimum atomic E-state index is -3.22. The summed E-state index contributed by atoms with van der Waals surface area (Å²) < 4.78 is 26.8. The summed E-state index contributed by atoms with van der Waals surface area (Å²) in [7, 11) is -3.22. The quantitative estimate of drug-likeness (QED) is 0.871. The Morgan fingerprint density at radius 2 is 2.04 bits per heavy atom. The van der Waals surface area contributed by atoms with Crippen LogP contribution in [0, 0.1) is 6.92 Å². The van der Waals surface area contributed by atoms with Crippen LogP contribution in [-0.2, 0) is 29.7 Å². The maximum Gasteiger partial charge on any atom is 0.209 e. The third-order valence-electron chi connectivity index (χ3n) is 3.74. The molecule has 0 amide bonds. The van der Waals surface area contributed by atoms with Crippen molar-refractivity contribution < 1.29 is 8.42 Å². The van der Waals surface area contributed by atoms with E-state index >= 15 is 0 Å². The van der Waals surface area contributed by atoms with Crippen molar-refractivity contribution >= 4 is 15.8 Å². The van der Waals surface area contributed by atoms with Gasteiger partial charge < -0.3 is 4.90 Å². The van der Waals surface area contributed by atoms with E-state index in [9.17, 15) is 8.42 Å². The largest absolute Gasteiger partial charge is 0.349 e. The van der Waals surface area contributed by atoms with Gasteiger partial charge >= 0.3 is 0 Å². The summed E-state index contributed by atoms with van der Waals surface area (Å²) in [5.41, 5.74) is 2.68. The van der Waals surface area contributed by atoms with E-state index in [0.29, 0.717) is 6.54 Å². The van der Waals surface area contributed by atoms with Gasteiger partial charge in [-0.2, -0.15) is 5.10 Å². The molecule has 0 fully saturated rings. The first kappa shape index (κ1) is 15.9. The van der Waals surface area contributed by atoms with Gasteiger partial charge in [-0.05, 0) is 19.4 Å². The lowest BCUT2D eigenvalue weighted by Crippen LogP contribution is -2.24. The van der Waals surface area contributed by atoms with E-state index in [-0.39, 0.29) is 6.54 Å². The van der Waals surface area contributed by atoms with Crippen LogP contribution in [0.2, 0.25) is 0 Å². The lowest BCUT2D eigenvalue weighted by atomic mass is 10.3. The number of hydrogen-bond acceptors (Lipinski definition) is 6. The molecule has 1 aliphatic rings. The molecule has 9 heteroatoms. The topological polar surface area (TPSA) is 93.0 Å². The van der Waals surface area contributed by atoms with Crippen molar-refractivity contribution in [3.8, 4) is 0 Å². The molecular formula is C14H20N6O2S. The Balaban J connectivity index is 1.80. The summed E-state index contributed by atoms with van der Waals surface area (Å²) in [4.78, 5) is 10.9. The highest BCUT2D eigenvalue weighted by Gasteiger charge is 2.19. The predicted octanol–water partition coefficient (Wildman–Crippen LogP) is 0.441. The second-order valence-corrected chi connectivity index (χ2v) is 7.52. The highest BCUT2D eigenvalue weighted by molar-refractivity contribution is 7.88. The molecule has 1 aliphatic heterocycles. The highest BCUT2D eigenvalue weighted by atomic mass is 32.2. The van der Waals surface area contributed by atoms with Gasteiger partial charge in [0.25, 0.3) is 0 Å². The van der Waals surface area contributed by atoms with Crippen LogP contribution in [0.25, 0.3) is 0 Å². The number of hydrogen-bond donors (Lipinski definition) is 1. The molecule has 0 aromatic carbocycles. The Morgan fingerprint density at radius 1 is 1.26 bits per heavy atom. The SMILES string of the molecule is Cc1nccnc1N1CCCn2nc(CNS(C)(=O)=O)cc2C1. The van der Waals surface area contributed by atoms with Crippen LogP contribution < -0.4 is 9.62 Å². The van der Waals surface area contributed by atoms with Gasteiger partial charge in [-0.25, -0.2) is 18.1 Å². The maximum absolute atomic E-state index is 11.2. The Bertz CT molecular complexity index is 801. The average molecular weight is 336 g/mol. The summed E-state index contributed by atoms with van der Waals surface area (Å²) in [6, 6.07) is 1.95. The summed E-state index contributed by atoms with van der Waals surface area (Å²) >= 11 is 0. The number of nitrogens with one attached hydrogen (secondary N) is 1. The van der Waals surface area contributed by atoms with Crippen molar-refractivity contribution in [1.29, 1.82) is 0 Å². The molecule has 0 radical (unpaired) electrons. The van der Waals surface area contributed by atoms with Gasteiger partial charge in [-0.15, -0.1) is 0 Å². The second kappa shape index (κ2) is 6.25. The lowest BCUT2D eigenvalue weighted by Gasteiger charge is -2.22. The number of nitrogens with zero attached hydrogens (tertiary/aromatic N) is 5. The molecule has 0 bridgehead atoms. The Kier molecular flexibility index (Phi) is 4.31. The number of aryl methyl sites for hydroxylation is 2. The van der Waals surface area contributed by atoms with Crippen molar-refractivity contribution in [2.45, 2.75) is 33.0 Å². The molecule has 2 aromatic heterocycles. The summed E-state index contributed by atoms with van der Waals surface area (Å²) in [6.07, 6.45) is 5.48. The molecule has 0 saturated heterocycles. The molecule has 23 heavy (non-hydrogen) atoms. The van der Waals surface area contributed by atoms with Crippen molar-refractivity contribution in [3.05, 3.63) is 35.5 Å². The molecule has 0 unspecified atom stereocenters. The maximum atomic E-state index is 11.2. The van der Waals surface area contributed by atoms with Crippen LogP contribution in [0.15, 0.2) is 18.5 Å². The van der Waals surface area contributed by atoms with E-state index in [2.05, 4.69) is 24.7 Å². The van der Waals surface area contributed by atoms with E-state index in [1.54, 1.807) is 12.4 Å². The van der Waals surface area contributed by atoms with Gasteiger partial charge in [-0.1, -0.05) is 0 Å². The van der Waals surface area contributed by atoms with Gasteiger partial charge in [0.2, 0.25) is 10.0 Å². The minimum absolute atomic E-state index is 0.211. The lowest BCUT2D eigenvalue weighted by molar-refractivity contribution is 0.573. The van der Waals surface area contributed by atoms with E-state index < -0.39 is 10.0 Å². The zero-order chi connectivity index (χ0) is 16.4. The normalized spacial score (nSPS) is 15.3. The standard InChI is InChI=1S/C14H20N6O2S/c1-11-14(16-5-4-15-11)19-6-3-7-20-13(10-19)8-12(18-20)9-17-23(2,21)22/h4-5,8,17H,3,6-7,9-10H2,1-2H3. The third-order valence-corrected chi connectivity index (χ3v) is 4.40. The monoisotopic (exact) mass is 336 g/mol. The molecule has 0 saturated carbocycles. The molecular weight excluding hydrogens is 316 g/mol. The second-order valence-electron chi connectivity index (χ2n) is 5.68. The van der Waals surface area contributed by atoms with Gasteiger partial charge in [0.15, 0.2) is 0 Å². The molecule has 124 valence electrons. The smallest absolute Gasteiger partial charge is 0.209 e. The summed E-state index contributed by atoms with van der Waals surface area (Å²) in [5.74, 6) is 0.887. The van der Waals surface area contributed by atoms with Gasteiger partial charge in [0.1, 0.15) is 5.82 Å². The van der Waals surface area contributed by atoms with E-state index in [1.165, 1.54) is 0 Å². The van der Waals surface area contributed by atoms with Gasteiger partial charge in [-0.3, -0.25) is 9.67 Å². The average Bonchev–Trinajstić information content (AvgIpc) is 2.76. The van der Waals surface area contributed by atoms with Crippen molar-refractivity contribution in [3.63, 3.8) is 0 Å². The Morgan fingerprint density at radius 3 is 2.78 bits per heavy atom. The van der Waals surface area contributed by atoms with Crippen molar-refractivity contribution in [2.24, 2.45) is 0 Å². The van der Waals surface area contributed by atoms with Crippen LogP contribution in [0.1, 0.15) is 23.5 Å². The molecule has 2 aromatic rings. The van der Waals surface area contributed by atoms with E-state index in [0.717, 1.165) is 48.7 Å². The first-order valence-electron chi connectivity index (χ1n) is 7.45. The fraction of sp³-hybridized carbons (Fsp3) is 0.500. The number of anilines is 1. The first-order valence-corrected chi connectivity index (χ1v) is 9.34. The molecule has 0 aliphatic carbocycles. The van der Waals surface area contributed by atoms with Gasteiger partial charge in [0, 0.05) is 25.5 Å². The number of aromatic nitrogens is 4. The van der Waals surface area contributed by atoms with Crippen molar-refractivity contribution in [2.75, 3.05) is 17.7 Å². The Hall–Kier alpha value is -2.00. The summed E-state index contributed by atoms with van der Waals surface area (Å²) in [6.45, 7) is 4.55. The van der Waals surface area contributed by atoms with Crippen LogP contribution in [0.5, 0.6) is 0 Å². The molecule has 3 heterocycles.